The number of hydrogen-bond acceptors (Lipinski definition) is 6. The molecule has 0 spiro atoms. The maximum absolute atomic E-state index is 10.0. The van der Waals surface area contributed by atoms with Crippen molar-refractivity contribution in [2.45, 2.75) is 129 Å². The Labute approximate surface area is 184 Å². The lowest BCUT2D eigenvalue weighted by atomic mass is 10.00. The maximum Gasteiger partial charge on any atom is 0.320 e. The molecule has 182 valence electrons. The van der Waals surface area contributed by atoms with Crippen LogP contribution in [0.5, 0.6) is 0 Å². The quantitative estimate of drug-likeness (QED) is 0.181. The summed E-state index contributed by atoms with van der Waals surface area (Å²) < 4.78 is 0. The van der Waals surface area contributed by atoms with Crippen LogP contribution in [0.2, 0.25) is 0 Å². The molecule has 7 nitrogen and oxygen atoms in total. The number of nitrogens with two attached hydrogens (primary N) is 2. The van der Waals surface area contributed by atoms with E-state index in [1.165, 1.54) is 64.2 Å². The molecule has 0 aliphatic rings. The van der Waals surface area contributed by atoms with Crippen LogP contribution in [-0.4, -0.2) is 57.3 Å². The van der Waals surface area contributed by atoms with Crippen molar-refractivity contribution in [3.8, 4) is 0 Å². The number of carbonyl (C=O) groups is 1. The van der Waals surface area contributed by atoms with E-state index in [-0.39, 0.29) is 12.5 Å². The summed E-state index contributed by atoms with van der Waals surface area (Å²) in [6.45, 7) is 5.51. The minimum Gasteiger partial charge on any atom is -0.480 e. The van der Waals surface area contributed by atoms with Crippen LogP contribution in [0.3, 0.4) is 0 Å². The first-order chi connectivity index (χ1) is 14.2. The van der Waals surface area contributed by atoms with Crippen molar-refractivity contribution in [2.24, 2.45) is 17.4 Å². The van der Waals surface area contributed by atoms with E-state index in [2.05, 4.69) is 6.92 Å². The molecule has 0 aromatic rings. The zero-order chi connectivity index (χ0) is 23.4. The standard InChI is InChI=1S/C18H39NO3.C5H11NO2/c1-2-3-4-5-6-7-8-9-10-11-12-13-14-17(21)18(22)16(19)15-20;1-3(2)4(6)5(7)8/h16-18,20-22H,2-15,19H2,1H3;3-4H,6H2,1-2H3,(H,7,8). The second-order valence-electron chi connectivity index (χ2n) is 8.69. The van der Waals surface area contributed by atoms with Gasteiger partial charge >= 0.3 is 5.97 Å². The van der Waals surface area contributed by atoms with Crippen LogP contribution in [0.1, 0.15) is 104 Å². The zero-order valence-electron chi connectivity index (χ0n) is 19.6. The molecule has 0 saturated carbocycles. The minimum absolute atomic E-state index is 0.0208. The Hall–Kier alpha value is -0.730. The molecule has 0 aromatic heterocycles. The highest BCUT2D eigenvalue weighted by molar-refractivity contribution is 5.73. The van der Waals surface area contributed by atoms with E-state index < -0.39 is 30.3 Å². The monoisotopic (exact) mass is 434 g/mol. The van der Waals surface area contributed by atoms with Crippen molar-refractivity contribution in [3.63, 3.8) is 0 Å². The molecule has 0 bridgehead atoms. The predicted octanol–water partition coefficient (Wildman–Crippen LogP) is 3.17. The molecule has 0 heterocycles. The summed E-state index contributed by atoms with van der Waals surface area (Å²) in [6.07, 6.45) is 14.1. The van der Waals surface area contributed by atoms with Gasteiger partial charge in [-0.25, -0.2) is 0 Å². The van der Waals surface area contributed by atoms with Crippen molar-refractivity contribution >= 4 is 5.97 Å². The molecule has 4 atom stereocenters. The van der Waals surface area contributed by atoms with Crippen molar-refractivity contribution in [2.75, 3.05) is 6.61 Å². The maximum atomic E-state index is 10.0. The molecule has 0 rings (SSSR count). The van der Waals surface area contributed by atoms with Crippen molar-refractivity contribution in [1.29, 1.82) is 0 Å². The highest BCUT2D eigenvalue weighted by atomic mass is 16.4. The first kappa shape index (κ1) is 31.5. The van der Waals surface area contributed by atoms with Crippen molar-refractivity contribution in [3.05, 3.63) is 0 Å². The van der Waals surface area contributed by atoms with Gasteiger partial charge in [-0.05, 0) is 12.3 Å². The minimum atomic E-state index is -1.02. The lowest BCUT2D eigenvalue weighted by Crippen LogP contribution is -2.45. The Morgan fingerprint density at radius 3 is 1.50 bits per heavy atom. The van der Waals surface area contributed by atoms with Gasteiger partial charge in [0.15, 0.2) is 0 Å². The topological polar surface area (TPSA) is 150 Å². The van der Waals surface area contributed by atoms with E-state index in [0.717, 1.165) is 12.8 Å². The second-order valence-corrected chi connectivity index (χ2v) is 8.69. The van der Waals surface area contributed by atoms with Gasteiger partial charge < -0.3 is 31.9 Å². The van der Waals surface area contributed by atoms with Crippen LogP contribution in [-0.2, 0) is 4.79 Å². The number of aliphatic carboxylic acids is 1. The molecule has 8 N–H and O–H groups in total. The fourth-order valence-electron chi connectivity index (χ4n) is 3.04. The highest BCUT2D eigenvalue weighted by Gasteiger charge is 2.22. The molecule has 0 amide bonds. The van der Waals surface area contributed by atoms with Gasteiger partial charge in [0.2, 0.25) is 0 Å². The average Bonchev–Trinajstić information content (AvgIpc) is 2.72. The van der Waals surface area contributed by atoms with Gasteiger partial charge in [-0.1, -0.05) is 97.8 Å². The number of aliphatic hydroxyl groups is 3. The number of unbranched alkanes of at least 4 members (excludes halogenated alkanes) is 11. The van der Waals surface area contributed by atoms with Crippen LogP contribution in [0.4, 0.5) is 0 Å². The highest BCUT2D eigenvalue weighted by Crippen LogP contribution is 2.14. The summed E-state index contributed by atoms with van der Waals surface area (Å²) in [5.41, 5.74) is 10.7. The summed E-state index contributed by atoms with van der Waals surface area (Å²) in [5, 5.41) is 36.4. The van der Waals surface area contributed by atoms with Gasteiger partial charge in [0, 0.05) is 0 Å². The molecule has 7 heteroatoms. The van der Waals surface area contributed by atoms with E-state index in [9.17, 15) is 15.0 Å². The third kappa shape index (κ3) is 19.2. The van der Waals surface area contributed by atoms with Gasteiger partial charge in [-0.15, -0.1) is 0 Å². The molecular weight excluding hydrogens is 384 g/mol. The lowest BCUT2D eigenvalue weighted by molar-refractivity contribution is -0.139. The Bertz CT molecular complexity index is 383. The predicted molar refractivity (Wildman–Crippen MR) is 123 cm³/mol. The average molecular weight is 435 g/mol. The summed E-state index contributed by atoms with van der Waals surface area (Å²) in [6, 6.07) is -1.46. The van der Waals surface area contributed by atoms with E-state index in [4.69, 9.17) is 21.7 Å². The van der Waals surface area contributed by atoms with Crippen LogP contribution in [0.25, 0.3) is 0 Å². The van der Waals surface area contributed by atoms with Crippen LogP contribution in [0.15, 0.2) is 0 Å². The molecule has 0 aromatic carbocycles. The largest absolute Gasteiger partial charge is 0.480 e. The number of carboxylic acids is 1. The molecule has 0 aliphatic heterocycles. The van der Waals surface area contributed by atoms with Gasteiger partial charge in [0.25, 0.3) is 0 Å². The second kappa shape index (κ2) is 21.5. The SMILES string of the molecule is CC(C)C(N)C(=O)O.CCCCCCCCCCCCCCC(O)C(O)C(N)CO. The van der Waals surface area contributed by atoms with Crippen LogP contribution in [0, 0.1) is 5.92 Å². The van der Waals surface area contributed by atoms with E-state index in [1.54, 1.807) is 13.8 Å². The molecule has 4 unspecified atom stereocenters. The number of hydrogen-bond donors (Lipinski definition) is 6. The zero-order valence-corrected chi connectivity index (χ0v) is 19.6. The number of aliphatic hydroxyl groups excluding tert-OH is 3. The fourth-order valence-corrected chi connectivity index (χ4v) is 3.04. The van der Waals surface area contributed by atoms with E-state index in [1.807, 2.05) is 0 Å². The Morgan fingerprint density at radius 1 is 0.800 bits per heavy atom. The van der Waals surface area contributed by atoms with Gasteiger partial charge in [-0.2, -0.15) is 0 Å². The lowest BCUT2D eigenvalue weighted by Gasteiger charge is -2.22. The third-order valence-electron chi connectivity index (χ3n) is 5.40. The molecule has 0 aliphatic carbocycles. The van der Waals surface area contributed by atoms with E-state index in [0.29, 0.717) is 6.42 Å². The summed E-state index contributed by atoms with van der Waals surface area (Å²) in [7, 11) is 0. The van der Waals surface area contributed by atoms with Crippen LogP contribution >= 0.6 is 0 Å². The first-order valence-corrected chi connectivity index (χ1v) is 11.9. The molecule has 0 fully saturated rings. The molecular formula is C23H50N2O5. The number of carboxylic acid groups (broad SMARTS) is 1. The molecule has 30 heavy (non-hydrogen) atoms. The van der Waals surface area contributed by atoms with Gasteiger partial charge in [-0.3, -0.25) is 4.79 Å². The van der Waals surface area contributed by atoms with Crippen molar-refractivity contribution < 1.29 is 25.2 Å². The Morgan fingerprint density at radius 2 is 1.20 bits per heavy atom. The summed E-state index contributed by atoms with van der Waals surface area (Å²) in [4.78, 5) is 10.0. The van der Waals surface area contributed by atoms with Gasteiger partial charge in [0.1, 0.15) is 6.04 Å². The summed E-state index contributed by atoms with van der Waals surface area (Å²) >= 11 is 0. The van der Waals surface area contributed by atoms with Crippen LogP contribution < -0.4 is 11.5 Å². The Kier molecular flexibility index (Phi) is 22.5. The first-order valence-electron chi connectivity index (χ1n) is 11.9. The number of rotatable bonds is 18. The smallest absolute Gasteiger partial charge is 0.320 e. The van der Waals surface area contributed by atoms with Gasteiger partial charge in [0.05, 0.1) is 24.9 Å². The van der Waals surface area contributed by atoms with Crippen molar-refractivity contribution in [1.82, 2.24) is 0 Å². The normalized spacial score (nSPS) is 15.2. The van der Waals surface area contributed by atoms with E-state index >= 15 is 0 Å². The molecule has 0 saturated heterocycles. The molecule has 0 radical (unpaired) electrons. The fraction of sp³-hybridized carbons (Fsp3) is 0.957. The Balaban J connectivity index is 0. The summed E-state index contributed by atoms with van der Waals surface area (Å²) in [5.74, 6) is -0.910. The third-order valence-corrected chi connectivity index (χ3v) is 5.40.